The first kappa shape index (κ1) is 9.83. The minimum atomic E-state index is -0.244. The maximum Gasteiger partial charge on any atom is 0.181 e. The van der Waals surface area contributed by atoms with E-state index in [-0.39, 0.29) is 5.82 Å². The van der Waals surface area contributed by atoms with Crippen molar-refractivity contribution in [2.24, 2.45) is 0 Å². The minimum Gasteiger partial charge on any atom is -0.252 e. The molecular formula is C11H12FN3. The predicted molar refractivity (Wildman–Crippen MR) is 55.7 cm³/mol. The second-order valence-corrected chi connectivity index (χ2v) is 3.34. The third kappa shape index (κ3) is 2.21. The fraction of sp³-hybridized carbons (Fsp3) is 0.273. The quantitative estimate of drug-likeness (QED) is 0.770. The van der Waals surface area contributed by atoms with Gasteiger partial charge in [-0.3, -0.25) is 4.68 Å². The smallest absolute Gasteiger partial charge is 0.181 e. The second kappa shape index (κ2) is 4.21. The Morgan fingerprint density at radius 2 is 2.00 bits per heavy atom. The van der Waals surface area contributed by atoms with Gasteiger partial charge in [0.05, 0.1) is 0 Å². The maximum atomic E-state index is 12.7. The maximum absolute atomic E-state index is 12.7. The summed E-state index contributed by atoms with van der Waals surface area (Å²) < 4.78 is 14.5. The molecule has 0 radical (unpaired) electrons. The molecule has 0 bridgehead atoms. The van der Waals surface area contributed by atoms with E-state index in [1.54, 1.807) is 23.1 Å². The van der Waals surface area contributed by atoms with Gasteiger partial charge in [0.2, 0.25) is 0 Å². The zero-order chi connectivity index (χ0) is 10.7. The molecule has 0 spiro atoms. The summed E-state index contributed by atoms with van der Waals surface area (Å²) in [6.45, 7) is 2.94. The third-order valence-electron chi connectivity index (χ3n) is 2.09. The van der Waals surface area contributed by atoms with Crippen molar-refractivity contribution in [2.75, 3.05) is 0 Å². The van der Waals surface area contributed by atoms with Crippen LogP contribution in [0, 0.1) is 5.82 Å². The molecule has 2 aromatic rings. The van der Waals surface area contributed by atoms with Crippen LogP contribution in [0.3, 0.4) is 0 Å². The van der Waals surface area contributed by atoms with E-state index in [9.17, 15) is 4.39 Å². The van der Waals surface area contributed by atoms with Crippen molar-refractivity contribution in [3.63, 3.8) is 0 Å². The molecule has 0 aliphatic heterocycles. The monoisotopic (exact) mass is 205 g/mol. The highest BCUT2D eigenvalue weighted by Crippen LogP contribution is 2.14. The van der Waals surface area contributed by atoms with Crippen LogP contribution in [0.15, 0.2) is 30.6 Å². The van der Waals surface area contributed by atoms with Gasteiger partial charge in [-0.25, -0.2) is 9.37 Å². The molecule has 0 saturated carbocycles. The van der Waals surface area contributed by atoms with E-state index in [1.807, 2.05) is 0 Å². The number of aryl methyl sites for hydroxylation is 1. The molecule has 0 N–H and O–H groups in total. The topological polar surface area (TPSA) is 30.7 Å². The van der Waals surface area contributed by atoms with Gasteiger partial charge in [0.25, 0.3) is 0 Å². The first-order valence-electron chi connectivity index (χ1n) is 4.95. The van der Waals surface area contributed by atoms with Gasteiger partial charge in [-0.05, 0) is 30.7 Å². The van der Waals surface area contributed by atoms with Gasteiger partial charge in [-0.2, -0.15) is 5.10 Å². The molecule has 0 aliphatic carbocycles. The van der Waals surface area contributed by atoms with Gasteiger partial charge in [0.15, 0.2) is 5.82 Å². The van der Waals surface area contributed by atoms with Gasteiger partial charge in [0, 0.05) is 12.1 Å². The lowest BCUT2D eigenvalue weighted by Crippen LogP contribution is -1.96. The Morgan fingerprint density at radius 1 is 1.27 bits per heavy atom. The van der Waals surface area contributed by atoms with Crippen LogP contribution in [0.1, 0.15) is 13.3 Å². The Morgan fingerprint density at radius 3 is 2.67 bits per heavy atom. The van der Waals surface area contributed by atoms with Gasteiger partial charge < -0.3 is 0 Å². The number of nitrogens with zero attached hydrogens (tertiary/aromatic N) is 3. The average molecular weight is 205 g/mol. The molecule has 0 unspecified atom stereocenters. The van der Waals surface area contributed by atoms with Crippen molar-refractivity contribution >= 4 is 0 Å². The van der Waals surface area contributed by atoms with Crippen LogP contribution in [0.5, 0.6) is 0 Å². The molecule has 1 aromatic heterocycles. The van der Waals surface area contributed by atoms with E-state index >= 15 is 0 Å². The highest BCUT2D eigenvalue weighted by Gasteiger charge is 2.03. The van der Waals surface area contributed by atoms with E-state index < -0.39 is 0 Å². The van der Waals surface area contributed by atoms with E-state index in [2.05, 4.69) is 17.0 Å². The Kier molecular flexibility index (Phi) is 2.76. The zero-order valence-electron chi connectivity index (χ0n) is 8.52. The van der Waals surface area contributed by atoms with Crippen molar-refractivity contribution in [2.45, 2.75) is 19.9 Å². The standard InChI is InChI=1S/C11H12FN3/c1-2-7-15-8-13-11(14-15)9-3-5-10(12)6-4-9/h3-6,8H,2,7H2,1H3. The van der Waals surface area contributed by atoms with Gasteiger partial charge in [-0.1, -0.05) is 6.92 Å². The molecule has 0 atom stereocenters. The summed E-state index contributed by atoms with van der Waals surface area (Å²) in [6, 6.07) is 6.19. The zero-order valence-corrected chi connectivity index (χ0v) is 8.52. The first-order chi connectivity index (χ1) is 7.29. The Labute approximate surface area is 87.6 Å². The molecule has 0 amide bonds. The van der Waals surface area contributed by atoms with Crippen molar-refractivity contribution in [3.8, 4) is 11.4 Å². The largest absolute Gasteiger partial charge is 0.252 e. The molecular weight excluding hydrogens is 193 g/mol. The van der Waals surface area contributed by atoms with Crippen molar-refractivity contribution < 1.29 is 4.39 Å². The third-order valence-corrected chi connectivity index (χ3v) is 2.09. The first-order valence-corrected chi connectivity index (χ1v) is 4.95. The number of benzene rings is 1. The molecule has 4 heteroatoms. The summed E-state index contributed by atoms with van der Waals surface area (Å²) in [6.07, 6.45) is 2.72. The van der Waals surface area contributed by atoms with Crippen LogP contribution < -0.4 is 0 Å². The number of halogens is 1. The van der Waals surface area contributed by atoms with E-state index in [0.29, 0.717) is 5.82 Å². The van der Waals surface area contributed by atoms with Crippen molar-refractivity contribution in [1.29, 1.82) is 0 Å². The van der Waals surface area contributed by atoms with E-state index in [1.165, 1.54) is 12.1 Å². The number of hydrogen-bond acceptors (Lipinski definition) is 2. The van der Waals surface area contributed by atoms with Gasteiger partial charge in [0.1, 0.15) is 12.1 Å². The fourth-order valence-electron chi connectivity index (χ4n) is 1.36. The second-order valence-electron chi connectivity index (χ2n) is 3.34. The Balaban J connectivity index is 2.25. The number of hydrogen-bond donors (Lipinski definition) is 0. The lowest BCUT2D eigenvalue weighted by atomic mass is 10.2. The van der Waals surface area contributed by atoms with Gasteiger partial charge in [-0.15, -0.1) is 0 Å². The summed E-state index contributed by atoms with van der Waals surface area (Å²) in [5.74, 6) is 0.398. The minimum absolute atomic E-state index is 0.244. The van der Waals surface area contributed by atoms with Crippen LogP contribution in [0.4, 0.5) is 4.39 Å². The Bertz CT molecular complexity index is 433. The molecule has 15 heavy (non-hydrogen) atoms. The molecule has 78 valence electrons. The normalized spacial score (nSPS) is 10.5. The summed E-state index contributed by atoms with van der Waals surface area (Å²) in [4.78, 5) is 4.16. The highest BCUT2D eigenvalue weighted by atomic mass is 19.1. The summed E-state index contributed by atoms with van der Waals surface area (Å²) in [5.41, 5.74) is 0.839. The summed E-state index contributed by atoms with van der Waals surface area (Å²) in [5, 5.41) is 4.28. The Hall–Kier alpha value is -1.71. The molecule has 1 heterocycles. The molecule has 0 aliphatic rings. The fourth-order valence-corrected chi connectivity index (χ4v) is 1.36. The predicted octanol–water partition coefficient (Wildman–Crippen LogP) is 2.49. The molecule has 0 saturated heterocycles. The van der Waals surface area contributed by atoms with Crippen LogP contribution in [-0.2, 0) is 6.54 Å². The van der Waals surface area contributed by atoms with Crippen LogP contribution in [0.25, 0.3) is 11.4 Å². The van der Waals surface area contributed by atoms with Gasteiger partial charge >= 0.3 is 0 Å². The number of rotatable bonds is 3. The molecule has 3 nitrogen and oxygen atoms in total. The van der Waals surface area contributed by atoms with Crippen LogP contribution in [0.2, 0.25) is 0 Å². The van der Waals surface area contributed by atoms with Crippen molar-refractivity contribution in [3.05, 3.63) is 36.4 Å². The highest BCUT2D eigenvalue weighted by molar-refractivity contribution is 5.53. The van der Waals surface area contributed by atoms with E-state index in [4.69, 9.17) is 0 Å². The number of aromatic nitrogens is 3. The molecule has 1 aromatic carbocycles. The lowest BCUT2D eigenvalue weighted by Gasteiger charge is -1.95. The molecule has 2 rings (SSSR count). The van der Waals surface area contributed by atoms with Crippen molar-refractivity contribution in [1.82, 2.24) is 14.8 Å². The van der Waals surface area contributed by atoms with E-state index in [0.717, 1.165) is 18.5 Å². The summed E-state index contributed by atoms with van der Waals surface area (Å²) >= 11 is 0. The SMILES string of the molecule is CCCn1cnc(-c2ccc(F)cc2)n1. The lowest BCUT2D eigenvalue weighted by molar-refractivity contribution is 0.602. The molecule has 0 fully saturated rings. The average Bonchev–Trinajstić information content (AvgIpc) is 2.68. The summed E-state index contributed by atoms with van der Waals surface area (Å²) in [7, 11) is 0. The van der Waals surface area contributed by atoms with Crippen LogP contribution in [-0.4, -0.2) is 14.8 Å². The van der Waals surface area contributed by atoms with Crippen LogP contribution >= 0.6 is 0 Å².